The molecule has 1 N–H and O–H groups in total. The highest BCUT2D eigenvalue weighted by Crippen LogP contribution is 2.23. The number of aromatic nitrogens is 1. The molecule has 5 nitrogen and oxygen atoms in total. The van der Waals surface area contributed by atoms with E-state index in [2.05, 4.69) is 10.3 Å². The highest BCUT2D eigenvalue weighted by molar-refractivity contribution is 5.74. The average Bonchev–Trinajstić information content (AvgIpc) is 2.50. The lowest BCUT2D eigenvalue weighted by Gasteiger charge is -2.08. The predicted molar refractivity (Wildman–Crippen MR) is 80.6 cm³/mol. The summed E-state index contributed by atoms with van der Waals surface area (Å²) in [6.45, 7) is 3.94. The fourth-order valence-corrected chi connectivity index (χ4v) is 1.73. The van der Waals surface area contributed by atoms with Gasteiger partial charge in [0.1, 0.15) is 12.3 Å². The zero-order chi connectivity index (χ0) is 15.9. The molecule has 22 heavy (non-hydrogen) atoms. The summed E-state index contributed by atoms with van der Waals surface area (Å²) in [5.74, 6) is -0.451. The van der Waals surface area contributed by atoms with Crippen LogP contribution in [0.5, 0.6) is 11.6 Å². The molecule has 1 aromatic heterocycles. The Hall–Kier alpha value is -2.63. The van der Waals surface area contributed by atoms with Crippen LogP contribution in [0.3, 0.4) is 0 Å². The number of carbonyl (C=O) groups is 1. The van der Waals surface area contributed by atoms with E-state index in [0.29, 0.717) is 12.4 Å². The van der Waals surface area contributed by atoms with Gasteiger partial charge in [0, 0.05) is 11.9 Å². The van der Waals surface area contributed by atoms with Crippen molar-refractivity contribution in [2.75, 3.05) is 18.5 Å². The molecule has 1 heterocycles. The lowest BCUT2D eigenvalue weighted by atomic mass is 10.3. The van der Waals surface area contributed by atoms with Gasteiger partial charge in [0.25, 0.3) is 5.88 Å². The van der Waals surface area contributed by atoms with Crippen LogP contribution < -0.4 is 10.1 Å². The average molecular weight is 304 g/mol. The maximum Gasteiger partial charge on any atom is 0.325 e. The fraction of sp³-hybridized carbons (Fsp3) is 0.250. The van der Waals surface area contributed by atoms with Crippen molar-refractivity contribution in [2.24, 2.45) is 0 Å². The van der Waals surface area contributed by atoms with E-state index in [1.165, 1.54) is 12.3 Å². The molecule has 0 saturated carbocycles. The summed E-state index contributed by atoms with van der Waals surface area (Å²) < 4.78 is 23.8. The number of carbonyl (C=O) groups excluding carboxylic acids is 1. The summed E-state index contributed by atoms with van der Waals surface area (Å²) in [5.41, 5.74) is 1.46. The van der Waals surface area contributed by atoms with Crippen molar-refractivity contribution in [2.45, 2.75) is 13.8 Å². The van der Waals surface area contributed by atoms with Crippen molar-refractivity contribution in [1.29, 1.82) is 0 Å². The van der Waals surface area contributed by atoms with Crippen LogP contribution in [-0.2, 0) is 9.53 Å². The molecule has 6 heteroatoms. The van der Waals surface area contributed by atoms with E-state index in [-0.39, 0.29) is 18.4 Å². The molecule has 0 saturated heterocycles. The molecule has 1 aromatic carbocycles. The molecular weight excluding hydrogens is 287 g/mol. The second-order valence-electron chi connectivity index (χ2n) is 4.58. The van der Waals surface area contributed by atoms with Crippen LogP contribution in [0.25, 0.3) is 0 Å². The molecule has 2 rings (SSSR count). The molecule has 0 radical (unpaired) electrons. The van der Waals surface area contributed by atoms with Gasteiger partial charge in [-0.25, -0.2) is 9.37 Å². The highest BCUT2D eigenvalue weighted by atomic mass is 19.1. The number of esters is 1. The van der Waals surface area contributed by atoms with Crippen molar-refractivity contribution in [1.82, 2.24) is 4.98 Å². The Kier molecular flexibility index (Phi) is 5.30. The number of rotatable bonds is 6. The van der Waals surface area contributed by atoms with Gasteiger partial charge in [-0.05, 0) is 49.7 Å². The van der Waals surface area contributed by atoms with Crippen LogP contribution in [-0.4, -0.2) is 24.1 Å². The Balaban J connectivity index is 1.95. The molecule has 0 aliphatic carbocycles. The number of nitrogens with one attached hydrogen (secondary N) is 1. The second-order valence-corrected chi connectivity index (χ2v) is 4.58. The monoisotopic (exact) mass is 304 g/mol. The number of benzene rings is 1. The van der Waals surface area contributed by atoms with E-state index in [1.807, 2.05) is 0 Å². The Morgan fingerprint density at radius 2 is 2.05 bits per heavy atom. The quantitative estimate of drug-likeness (QED) is 0.830. The van der Waals surface area contributed by atoms with Crippen LogP contribution in [0.4, 0.5) is 10.1 Å². The first-order valence-corrected chi connectivity index (χ1v) is 6.88. The minimum absolute atomic E-state index is 0.0715. The van der Waals surface area contributed by atoms with Crippen molar-refractivity contribution in [3.05, 3.63) is 47.9 Å². The first-order chi connectivity index (χ1) is 10.6. The van der Waals surface area contributed by atoms with Gasteiger partial charge in [0.2, 0.25) is 0 Å². The minimum Gasteiger partial charge on any atom is -0.465 e. The summed E-state index contributed by atoms with van der Waals surface area (Å²) in [6.07, 6.45) is 1.54. The van der Waals surface area contributed by atoms with Gasteiger partial charge in [-0.2, -0.15) is 0 Å². The third-order valence-electron chi connectivity index (χ3n) is 2.76. The number of hydrogen-bond acceptors (Lipinski definition) is 5. The Morgan fingerprint density at radius 1 is 1.32 bits per heavy atom. The molecule has 0 aliphatic rings. The molecule has 2 aromatic rings. The Morgan fingerprint density at radius 3 is 2.68 bits per heavy atom. The molecule has 0 spiro atoms. The van der Waals surface area contributed by atoms with Crippen LogP contribution in [0, 0.1) is 12.7 Å². The predicted octanol–water partition coefficient (Wildman–Crippen LogP) is 3.30. The number of anilines is 1. The SMILES string of the molecule is CCOC(=O)CNc1ccc(Oc2ncc(C)cc2F)cc1. The summed E-state index contributed by atoms with van der Waals surface area (Å²) >= 11 is 0. The molecular formula is C16H17FN2O3. The van der Waals surface area contributed by atoms with Gasteiger partial charge in [-0.15, -0.1) is 0 Å². The number of aryl methyl sites for hydroxylation is 1. The summed E-state index contributed by atoms with van der Waals surface area (Å²) in [5, 5.41) is 2.92. The summed E-state index contributed by atoms with van der Waals surface area (Å²) in [7, 11) is 0. The van der Waals surface area contributed by atoms with E-state index >= 15 is 0 Å². The standard InChI is InChI=1S/C16H17FN2O3/c1-3-21-15(20)10-18-12-4-6-13(7-5-12)22-16-14(17)8-11(2)9-19-16/h4-9,18H,3,10H2,1-2H3. The van der Waals surface area contributed by atoms with E-state index in [0.717, 1.165) is 11.3 Å². The first-order valence-electron chi connectivity index (χ1n) is 6.88. The van der Waals surface area contributed by atoms with Gasteiger partial charge >= 0.3 is 5.97 Å². The van der Waals surface area contributed by atoms with Gasteiger partial charge in [0.15, 0.2) is 5.82 Å². The van der Waals surface area contributed by atoms with Crippen molar-refractivity contribution in [3.8, 4) is 11.6 Å². The van der Waals surface area contributed by atoms with Crippen LogP contribution >= 0.6 is 0 Å². The normalized spacial score (nSPS) is 10.1. The summed E-state index contributed by atoms with van der Waals surface area (Å²) in [4.78, 5) is 15.1. The maximum atomic E-state index is 13.6. The maximum absolute atomic E-state index is 13.6. The van der Waals surface area contributed by atoms with E-state index in [4.69, 9.17) is 9.47 Å². The summed E-state index contributed by atoms with van der Waals surface area (Å²) in [6, 6.07) is 8.13. The Bertz CT molecular complexity index is 644. The number of halogens is 1. The van der Waals surface area contributed by atoms with Gasteiger partial charge < -0.3 is 14.8 Å². The van der Waals surface area contributed by atoms with Gasteiger partial charge in [0.05, 0.1) is 6.61 Å². The van der Waals surface area contributed by atoms with Crippen LogP contribution in [0.2, 0.25) is 0 Å². The lowest BCUT2D eigenvalue weighted by molar-refractivity contribution is -0.140. The second kappa shape index (κ2) is 7.40. The zero-order valence-electron chi connectivity index (χ0n) is 12.4. The van der Waals surface area contributed by atoms with Crippen molar-refractivity contribution in [3.63, 3.8) is 0 Å². The van der Waals surface area contributed by atoms with Gasteiger partial charge in [-0.3, -0.25) is 4.79 Å². The highest BCUT2D eigenvalue weighted by Gasteiger charge is 2.07. The third-order valence-corrected chi connectivity index (χ3v) is 2.76. The molecule has 116 valence electrons. The number of hydrogen-bond donors (Lipinski definition) is 1. The fourth-order valence-electron chi connectivity index (χ4n) is 1.73. The van der Waals surface area contributed by atoms with Gasteiger partial charge in [-0.1, -0.05) is 0 Å². The van der Waals surface area contributed by atoms with Crippen molar-refractivity contribution < 1.29 is 18.7 Å². The van der Waals surface area contributed by atoms with Crippen LogP contribution in [0.1, 0.15) is 12.5 Å². The largest absolute Gasteiger partial charge is 0.465 e. The Labute approximate surface area is 128 Å². The smallest absolute Gasteiger partial charge is 0.325 e. The molecule has 0 amide bonds. The first kappa shape index (κ1) is 15.8. The molecule has 0 bridgehead atoms. The van der Waals surface area contributed by atoms with E-state index in [9.17, 15) is 9.18 Å². The third kappa shape index (κ3) is 4.44. The minimum atomic E-state index is -0.510. The zero-order valence-corrected chi connectivity index (χ0v) is 12.4. The number of pyridine rings is 1. The van der Waals surface area contributed by atoms with E-state index < -0.39 is 5.82 Å². The van der Waals surface area contributed by atoms with Crippen LogP contribution in [0.15, 0.2) is 36.5 Å². The lowest BCUT2D eigenvalue weighted by Crippen LogP contribution is -2.16. The number of nitrogens with zero attached hydrogens (tertiary/aromatic N) is 1. The molecule has 0 unspecified atom stereocenters. The molecule has 0 atom stereocenters. The molecule has 0 fully saturated rings. The number of ether oxygens (including phenoxy) is 2. The van der Waals surface area contributed by atoms with E-state index in [1.54, 1.807) is 38.1 Å². The van der Waals surface area contributed by atoms with Crippen molar-refractivity contribution >= 4 is 11.7 Å². The topological polar surface area (TPSA) is 60.5 Å². The molecule has 0 aliphatic heterocycles.